The molecule has 1 aliphatic rings. The van der Waals surface area contributed by atoms with Gasteiger partial charge in [-0.25, -0.2) is 0 Å². The lowest BCUT2D eigenvalue weighted by Crippen LogP contribution is -2.45. The van der Waals surface area contributed by atoms with Gasteiger partial charge >= 0.3 is 0 Å². The van der Waals surface area contributed by atoms with Crippen molar-refractivity contribution in [1.29, 1.82) is 0 Å². The highest BCUT2D eigenvalue weighted by molar-refractivity contribution is 5.89. The molecule has 34 heavy (non-hydrogen) atoms. The van der Waals surface area contributed by atoms with Crippen LogP contribution in [0.5, 0.6) is 0 Å². The second-order valence-corrected chi connectivity index (χ2v) is 9.08. The predicted molar refractivity (Wildman–Crippen MR) is 140 cm³/mol. The minimum Gasteiger partial charge on any atom is -0.378 e. The van der Waals surface area contributed by atoms with Crippen molar-refractivity contribution in [3.05, 3.63) is 77.9 Å². The maximum absolute atomic E-state index is 11.5. The third kappa shape index (κ3) is 5.24. The van der Waals surface area contributed by atoms with Gasteiger partial charge in [0, 0.05) is 36.6 Å². The summed E-state index contributed by atoms with van der Waals surface area (Å²) < 4.78 is 0. The van der Waals surface area contributed by atoms with Crippen molar-refractivity contribution in [1.82, 2.24) is 5.32 Å². The maximum Gasteiger partial charge on any atom is 0.221 e. The molecule has 0 bridgehead atoms. The summed E-state index contributed by atoms with van der Waals surface area (Å²) in [6.07, 6.45) is 0.287. The van der Waals surface area contributed by atoms with Crippen molar-refractivity contribution < 1.29 is 9.90 Å². The van der Waals surface area contributed by atoms with Crippen molar-refractivity contribution >= 4 is 23.0 Å². The molecule has 1 heterocycles. The van der Waals surface area contributed by atoms with Crippen LogP contribution in [0.25, 0.3) is 11.1 Å². The maximum atomic E-state index is 11.5. The number of carbonyl (C=O) groups is 1. The molecule has 0 fully saturated rings. The summed E-state index contributed by atoms with van der Waals surface area (Å²) in [5, 5.41) is 20.3. The predicted octanol–water partition coefficient (Wildman–Crippen LogP) is 5.12. The fourth-order valence-corrected chi connectivity index (χ4v) is 4.88. The Kier molecular flexibility index (Phi) is 7.20. The van der Waals surface area contributed by atoms with Crippen LogP contribution in [0.3, 0.4) is 0 Å². The average molecular weight is 459 g/mol. The fraction of sp³-hybridized carbons (Fsp3) is 0.321. The van der Waals surface area contributed by atoms with E-state index in [1.54, 1.807) is 0 Å². The number of fused-ring (bicyclic) bond motifs is 1. The standard InChI is InChI=1S/C28H34N4O2/c1-18-14-27(31-24-11-8-21(9-12-24)17-29-4)26-16-23(10-13-28(26)32(18)20(3)34)22-6-5-7-25(15-22)30-19(2)33/h5-13,15-16,18,20,27,29,31,34H,14,17H2,1-4H3,(H,30,33)/t18-,20?,27+/m0/s1. The van der Waals surface area contributed by atoms with E-state index < -0.39 is 6.23 Å². The van der Waals surface area contributed by atoms with Gasteiger partial charge in [-0.2, -0.15) is 0 Å². The molecule has 3 aromatic carbocycles. The number of aliphatic hydroxyl groups excluding tert-OH is 1. The first-order valence-corrected chi connectivity index (χ1v) is 11.8. The Morgan fingerprint density at radius 3 is 2.47 bits per heavy atom. The molecule has 4 N–H and O–H groups in total. The van der Waals surface area contributed by atoms with E-state index >= 15 is 0 Å². The topological polar surface area (TPSA) is 76.6 Å². The number of carbonyl (C=O) groups excluding carboxylic acids is 1. The van der Waals surface area contributed by atoms with Gasteiger partial charge in [-0.15, -0.1) is 0 Å². The van der Waals surface area contributed by atoms with Gasteiger partial charge in [-0.1, -0.05) is 30.3 Å². The number of amides is 1. The number of aliphatic hydroxyl groups is 1. The number of anilines is 3. The zero-order chi connectivity index (χ0) is 24.2. The molecule has 0 aliphatic carbocycles. The van der Waals surface area contributed by atoms with Crippen LogP contribution in [-0.2, 0) is 11.3 Å². The number of hydrogen-bond donors (Lipinski definition) is 4. The zero-order valence-corrected chi connectivity index (χ0v) is 20.3. The summed E-state index contributed by atoms with van der Waals surface area (Å²) in [6.45, 7) is 6.33. The van der Waals surface area contributed by atoms with E-state index in [-0.39, 0.29) is 18.0 Å². The zero-order valence-electron chi connectivity index (χ0n) is 20.3. The van der Waals surface area contributed by atoms with E-state index in [9.17, 15) is 9.90 Å². The quantitative estimate of drug-likeness (QED) is 0.395. The van der Waals surface area contributed by atoms with Crippen molar-refractivity contribution in [2.24, 2.45) is 0 Å². The normalized spacial score (nSPS) is 18.2. The van der Waals surface area contributed by atoms with Crippen LogP contribution in [-0.4, -0.2) is 30.3 Å². The van der Waals surface area contributed by atoms with Crippen LogP contribution in [0, 0.1) is 0 Å². The first-order chi connectivity index (χ1) is 16.4. The molecule has 0 radical (unpaired) electrons. The molecule has 0 aromatic heterocycles. The van der Waals surface area contributed by atoms with Crippen molar-refractivity contribution in [2.75, 3.05) is 22.6 Å². The number of rotatable bonds is 7. The molecule has 6 heteroatoms. The first kappa shape index (κ1) is 23.8. The Morgan fingerprint density at radius 2 is 1.79 bits per heavy atom. The Morgan fingerprint density at radius 1 is 1.06 bits per heavy atom. The van der Waals surface area contributed by atoms with Gasteiger partial charge in [0.05, 0.1) is 6.04 Å². The van der Waals surface area contributed by atoms with Gasteiger partial charge in [-0.05, 0) is 86.0 Å². The molecule has 1 aliphatic heterocycles. The van der Waals surface area contributed by atoms with E-state index in [4.69, 9.17) is 0 Å². The molecule has 0 saturated heterocycles. The molecule has 6 nitrogen and oxygen atoms in total. The van der Waals surface area contributed by atoms with Crippen LogP contribution in [0.4, 0.5) is 17.1 Å². The number of hydrogen-bond acceptors (Lipinski definition) is 5. The lowest BCUT2D eigenvalue weighted by Gasteiger charge is -2.43. The molecule has 3 aromatic rings. The van der Waals surface area contributed by atoms with Gasteiger partial charge in [0.1, 0.15) is 6.23 Å². The summed E-state index contributed by atoms with van der Waals surface area (Å²) >= 11 is 0. The largest absolute Gasteiger partial charge is 0.378 e. The second-order valence-electron chi connectivity index (χ2n) is 9.08. The van der Waals surface area contributed by atoms with Gasteiger partial charge < -0.3 is 26.0 Å². The van der Waals surface area contributed by atoms with Gasteiger partial charge in [0.2, 0.25) is 5.91 Å². The Hall–Kier alpha value is -3.35. The highest BCUT2D eigenvalue weighted by Crippen LogP contribution is 2.42. The SMILES string of the molecule is CNCc1ccc(N[C@@H]2C[C@H](C)N(C(C)O)c3ccc(-c4cccc(NC(C)=O)c4)cc32)cc1. The third-order valence-corrected chi connectivity index (χ3v) is 6.33. The average Bonchev–Trinajstić information content (AvgIpc) is 2.80. The number of benzene rings is 3. The van der Waals surface area contributed by atoms with E-state index in [0.29, 0.717) is 0 Å². The van der Waals surface area contributed by atoms with E-state index in [1.165, 1.54) is 12.5 Å². The third-order valence-electron chi connectivity index (χ3n) is 6.33. The first-order valence-electron chi connectivity index (χ1n) is 11.8. The molecule has 3 atom stereocenters. The van der Waals surface area contributed by atoms with E-state index in [2.05, 4.69) is 70.2 Å². The molecule has 178 valence electrons. The summed E-state index contributed by atoms with van der Waals surface area (Å²) in [5.74, 6) is -0.0887. The minimum absolute atomic E-state index is 0.0887. The van der Waals surface area contributed by atoms with Crippen LogP contribution in [0.2, 0.25) is 0 Å². The van der Waals surface area contributed by atoms with E-state index in [0.717, 1.165) is 46.7 Å². The molecular formula is C28H34N4O2. The molecular weight excluding hydrogens is 424 g/mol. The van der Waals surface area contributed by atoms with Crippen LogP contribution < -0.4 is 20.9 Å². The summed E-state index contributed by atoms with van der Waals surface area (Å²) in [4.78, 5) is 13.6. The highest BCUT2D eigenvalue weighted by Gasteiger charge is 2.32. The number of nitrogens with one attached hydrogen (secondary N) is 3. The lowest BCUT2D eigenvalue weighted by atomic mass is 9.88. The Labute approximate surface area is 202 Å². The molecule has 4 rings (SSSR count). The number of nitrogens with zero attached hydrogens (tertiary/aromatic N) is 1. The highest BCUT2D eigenvalue weighted by atomic mass is 16.3. The van der Waals surface area contributed by atoms with Gasteiger partial charge in [0.15, 0.2) is 0 Å². The fourth-order valence-electron chi connectivity index (χ4n) is 4.88. The lowest BCUT2D eigenvalue weighted by molar-refractivity contribution is -0.114. The van der Waals surface area contributed by atoms with Crippen molar-refractivity contribution in [3.63, 3.8) is 0 Å². The Bertz CT molecular complexity index is 1140. The minimum atomic E-state index is -0.579. The monoisotopic (exact) mass is 458 g/mol. The van der Waals surface area contributed by atoms with Crippen molar-refractivity contribution in [3.8, 4) is 11.1 Å². The molecule has 1 unspecified atom stereocenters. The molecule has 1 amide bonds. The van der Waals surface area contributed by atoms with Gasteiger partial charge in [0.25, 0.3) is 0 Å². The van der Waals surface area contributed by atoms with Crippen LogP contribution >= 0.6 is 0 Å². The molecule has 0 spiro atoms. The van der Waals surface area contributed by atoms with Crippen LogP contribution in [0.15, 0.2) is 66.7 Å². The van der Waals surface area contributed by atoms with Crippen LogP contribution in [0.1, 0.15) is 44.4 Å². The second kappa shape index (κ2) is 10.3. The van der Waals surface area contributed by atoms with Gasteiger partial charge in [-0.3, -0.25) is 4.79 Å². The molecule has 0 saturated carbocycles. The summed E-state index contributed by atoms with van der Waals surface area (Å²) in [5.41, 5.74) is 7.39. The smallest absolute Gasteiger partial charge is 0.221 e. The summed E-state index contributed by atoms with van der Waals surface area (Å²) in [7, 11) is 1.95. The van der Waals surface area contributed by atoms with Crippen molar-refractivity contribution in [2.45, 2.75) is 52.0 Å². The Balaban J connectivity index is 1.70. The van der Waals surface area contributed by atoms with E-state index in [1.807, 2.05) is 38.2 Å². The summed E-state index contributed by atoms with van der Waals surface area (Å²) in [6, 6.07) is 23.1.